The van der Waals surface area contributed by atoms with E-state index in [9.17, 15) is 23.7 Å². The quantitative estimate of drug-likeness (QED) is 0.661. The normalized spacial score (nSPS) is 29.5. The number of nitrogens with zero attached hydrogens (tertiary/aromatic N) is 1. The molecule has 1 aromatic rings. The van der Waals surface area contributed by atoms with E-state index in [2.05, 4.69) is 4.98 Å². The molecule has 148 valence electrons. The first-order valence-corrected chi connectivity index (χ1v) is 9.95. The molecule has 0 amide bonds. The first kappa shape index (κ1) is 21.0. The highest BCUT2D eigenvalue weighted by Crippen LogP contribution is 2.50. The lowest BCUT2D eigenvalue weighted by molar-refractivity contribution is -0.0471. The van der Waals surface area contributed by atoms with Crippen molar-refractivity contribution in [2.45, 2.75) is 45.4 Å². The standard InChI is InChI=1S/C15H24FN2O7P/c1-5-24-26(22,23-4)7-9(3)12-11(19)10(16)14(25-12)18-6-8(2)13(20)17-15(18)21/h6,9-12,14,19H,5,7H2,1-4H3,(H,17,20,21)/t9-,10-,11+,12?,14+,26?/m1/s1. The van der Waals surface area contributed by atoms with Gasteiger partial charge in [0, 0.05) is 18.9 Å². The number of aliphatic hydroxyl groups excluding tert-OH is 1. The molecule has 26 heavy (non-hydrogen) atoms. The van der Waals surface area contributed by atoms with Gasteiger partial charge in [0.2, 0.25) is 0 Å². The zero-order valence-electron chi connectivity index (χ0n) is 15.0. The minimum Gasteiger partial charge on any atom is -0.387 e. The number of alkyl halides is 1. The van der Waals surface area contributed by atoms with Gasteiger partial charge in [-0.05, 0) is 19.8 Å². The highest BCUT2D eigenvalue weighted by molar-refractivity contribution is 7.53. The molecule has 0 radical (unpaired) electrons. The van der Waals surface area contributed by atoms with Gasteiger partial charge in [-0.3, -0.25) is 18.9 Å². The number of hydrogen-bond acceptors (Lipinski definition) is 7. The van der Waals surface area contributed by atoms with Crippen molar-refractivity contribution in [3.63, 3.8) is 0 Å². The number of aryl methyl sites for hydroxylation is 1. The van der Waals surface area contributed by atoms with Gasteiger partial charge in [-0.25, -0.2) is 9.18 Å². The van der Waals surface area contributed by atoms with Crippen molar-refractivity contribution in [2.75, 3.05) is 19.9 Å². The number of H-pyrrole nitrogens is 1. The molecule has 1 saturated heterocycles. The Kier molecular flexibility index (Phi) is 6.57. The van der Waals surface area contributed by atoms with Crippen LogP contribution in [0.15, 0.2) is 15.8 Å². The second-order valence-corrected chi connectivity index (χ2v) is 8.49. The largest absolute Gasteiger partial charge is 0.387 e. The number of ether oxygens (including phenoxy) is 1. The molecule has 11 heteroatoms. The van der Waals surface area contributed by atoms with Crippen molar-refractivity contribution in [3.05, 3.63) is 32.6 Å². The monoisotopic (exact) mass is 394 g/mol. The number of rotatable bonds is 7. The lowest BCUT2D eigenvalue weighted by Crippen LogP contribution is -2.37. The first-order valence-electron chi connectivity index (χ1n) is 8.22. The summed E-state index contributed by atoms with van der Waals surface area (Å²) in [6.45, 7) is 4.92. The molecule has 1 aliphatic heterocycles. The number of nitrogens with one attached hydrogen (secondary N) is 1. The Hall–Kier alpha value is -1.32. The summed E-state index contributed by atoms with van der Waals surface area (Å²) < 4.78 is 43.6. The van der Waals surface area contributed by atoms with E-state index in [1.54, 1.807) is 13.8 Å². The van der Waals surface area contributed by atoms with Crippen LogP contribution in [0.5, 0.6) is 0 Å². The second kappa shape index (κ2) is 8.14. The number of aromatic nitrogens is 2. The minimum absolute atomic E-state index is 0.0853. The van der Waals surface area contributed by atoms with E-state index in [4.69, 9.17) is 13.8 Å². The van der Waals surface area contributed by atoms with Crippen LogP contribution in [0.1, 0.15) is 25.6 Å². The van der Waals surface area contributed by atoms with E-state index in [1.165, 1.54) is 20.2 Å². The molecule has 0 saturated carbocycles. The third-order valence-corrected chi connectivity index (χ3v) is 6.56. The van der Waals surface area contributed by atoms with Gasteiger partial charge in [-0.2, -0.15) is 0 Å². The van der Waals surface area contributed by atoms with Crippen LogP contribution >= 0.6 is 7.60 Å². The first-order chi connectivity index (χ1) is 12.1. The maximum atomic E-state index is 14.6. The third kappa shape index (κ3) is 4.15. The molecule has 0 aliphatic carbocycles. The summed E-state index contributed by atoms with van der Waals surface area (Å²) in [4.78, 5) is 25.5. The average molecular weight is 394 g/mol. The fourth-order valence-electron chi connectivity index (χ4n) is 2.96. The second-order valence-electron chi connectivity index (χ2n) is 6.28. The van der Waals surface area contributed by atoms with Gasteiger partial charge in [0.25, 0.3) is 5.56 Å². The van der Waals surface area contributed by atoms with Crippen molar-refractivity contribution < 1.29 is 27.8 Å². The summed E-state index contributed by atoms with van der Waals surface area (Å²) in [6, 6.07) is 0. The van der Waals surface area contributed by atoms with E-state index in [0.29, 0.717) is 0 Å². The third-order valence-electron chi connectivity index (χ3n) is 4.33. The lowest BCUT2D eigenvalue weighted by atomic mass is 10.0. The summed E-state index contributed by atoms with van der Waals surface area (Å²) in [6.07, 6.45) is -4.79. The predicted molar refractivity (Wildman–Crippen MR) is 91.1 cm³/mol. The van der Waals surface area contributed by atoms with Gasteiger partial charge < -0.3 is 18.9 Å². The summed E-state index contributed by atoms with van der Waals surface area (Å²) in [7, 11) is -2.15. The summed E-state index contributed by atoms with van der Waals surface area (Å²) in [5.74, 6) is -0.579. The molecule has 2 rings (SSSR count). The van der Waals surface area contributed by atoms with Gasteiger partial charge in [0.05, 0.1) is 18.9 Å². The maximum Gasteiger partial charge on any atom is 0.330 e. The summed E-state index contributed by atoms with van der Waals surface area (Å²) in [5, 5.41) is 10.2. The van der Waals surface area contributed by atoms with Crippen LogP contribution in [0.2, 0.25) is 0 Å². The predicted octanol–water partition coefficient (Wildman–Crippen LogP) is 0.954. The highest BCUT2D eigenvalue weighted by atomic mass is 31.2. The Morgan fingerprint density at radius 2 is 2.15 bits per heavy atom. The molecule has 1 aliphatic rings. The molecular formula is C15H24FN2O7P. The van der Waals surface area contributed by atoms with E-state index in [1.807, 2.05) is 0 Å². The van der Waals surface area contributed by atoms with Crippen LogP contribution < -0.4 is 11.2 Å². The molecule has 2 unspecified atom stereocenters. The number of aromatic amines is 1. The summed E-state index contributed by atoms with van der Waals surface area (Å²) >= 11 is 0. The minimum atomic E-state index is -3.40. The highest BCUT2D eigenvalue weighted by Gasteiger charge is 2.49. The molecule has 1 fully saturated rings. The van der Waals surface area contributed by atoms with Crippen molar-refractivity contribution in [3.8, 4) is 0 Å². The molecule has 9 nitrogen and oxygen atoms in total. The van der Waals surface area contributed by atoms with Crippen molar-refractivity contribution in [1.29, 1.82) is 0 Å². The molecule has 2 heterocycles. The molecule has 0 aromatic carbocycles. The van der Waals surface area contributed by atoms with Crippen LogP contribution in [0.25, 0.3) is 0 Å². The van der Waals surface area contributed by atoms with Crippen LogP contribution in [0, 0.1) is 12.8 Å². The maximum absolute atomic E-state index is 14.6. The molecule has 1 aromatic heterocycles. The average Bonchev–Trinajstić information content (AvgIpc) is 2.87. The van der Waals surface area contributed by atoms with Gasteiger partial charge in [0.1, 0.15) is 6.10 Å². The lowest BCUT2D eigenvalue weighted by Gasteiger charge is -2.25. The van der Waals surface area contributed by atoms with E-state index >= 15 is 0 Å². The van der Waals surface area contributed by atoms with Crippen molar-refractivity contribution in [2.24, 2.45) is 5.92 Å². The summed E-state index contributed by atoms with van der Waals surface area (Å²) in [5.41, 5.74) is -1.22. The molecule has 6 atom stereocenters. The Morgan fingerprint density at radius 3 is 2.73 bits per heavy atom. The van der Waals surface area contributed by atoms with Gasteiger partial charge >= 0.3 is 13.3 Å². The van der Waals surface area contributed by atoms with Crippen LogP contribution in [0.4, 0.5) is 4.39 Å². The van der Waals surface area contributed by atoms with Gasteiger partial charge in [0.15, 0.2) is 12.4 Å². The van der Waals surface area contributed by atoms with Crippen molar-refractivity contribution in [1.82, 2.24) is 9.55 Å². The zero-order chi connectivity index (χ0) is 19.6. The zero-order valence-corrected chi connectivity index (χ0v) is 15.9. The fourth-order valence-corrected chi connectivity index (χ4v) is 4.63. The Labute approximate surface area is 149 Å². The molecular weight excluding hydrogens is 370 g/mol. The van der Waals surface area contributed by atoms with Crippen molar-refractivity contribution >= 4 is 7.60 Å². The number of hydrogen-bond donors (Lipinski definition) is 2. The van der Waals surface area contributed by atoms with Crippen LogP contribution in [-0.4, -0.2) is 52.9 Å². The van der Waals surface area contributed by atoms with E-state index in [0.717, 1.165) is 4.57 Å². The Bertz CT molecular complexity index is 795. The molecule has 2 N–H and O–H groups in total. The SMILES string of the molecule is CCOP(=O)(C[C@@H](C)C1O[C@H](n2cc(C)c(=O)[nH]c2=O)[C@H](F)[C@@H]1O)OC. The smallest absolute Gasteiger partial charge is 0.330 e. The number of halogens is 1. The van der Waals surface area contributed by atoms with Gasteiger partial charge in [-0.15, -0.1) is 0 Å². The van der Waals surface area contributed by atoms with Crippen LogP contribution in [0.3, 0.4) is 0 Å². The Morgan fingerprint density at radius 1 is 1.50 bits per heavy atom. The van der Waals surface area contributed by atoms with Crippen LogP contribution in [-0.2, 0) is 18.3 Å². The number of aliphatic hydroxyl groups is 1. The molecule has 0 spiro atoms. The van der Waals surface area contributed by atoms with E-state index < -0.39 is 49.4 Å². The fraction of sp³-hybridized carbons (Fsp3) is 0.733. The topological polar surface area (TPSA) is 120 Å². The molecule has 0 bridgehead atoms. The Balaban J connectivity index is 2.24. The van der Waals surface area contributed by atoms with Gasteiger partial charge in [-0.1, -0.05) is 6.92 Å². The van der Waals surface area contributed by atoms with E-state index in [-0.39, 0.29) is 18.3 Å².